The molecule has 13 heteroatoms. The van der Waals surface area contributed by atoms with E-state index in [1.807, 2.05) is 0 Å². The minimum absolute atomic E-state index is 0.00232. The predicted molar refractivity (Wildman–Crippen MR) is 173 cm³/mol. The molecular formula is C35H32FNO10S. The summed E-state index contributed by atoms with van der Waals surface area (Å²) >= 11 is 1.19. The molecule has 2 heterocycles. The fourth-order valence-corrected chi connectivity index (χ4v) is 7.09. The summed E-state index contributed by atoms with van der Waals surface area (Å²) in [7, 11) is 0. The fraction of sp³-hybridized carbons (Fsp3) is 0.257. The number of β-lactam (4-membered cyclic amide) rings is 1. The molecule has 0 saturated carbocycles. The molecule has 11 nitrogen and oxygen atoms in total. The molecule has 250 valence electrons. The summed E-state index contributed by atoms with van der Waals surface area (Å²) in [6, 6.07) is 25.0. The lowest BCUT2D eigenvalue weighted by Crippen LogP contribution is -2.61. The maximum absolute atomic E-state index is 13.7. The molecule has 6 N–H and O–H groups in total. The van der Waals surface area contributed by atoms with Gasteiger partial charge in [0.2, 0.25) is 12.2 Å². The monoisotopic (exact) mass is 677 g/mol. The molecule has 1 amide bonds. The molecule has 0 bridgehead atoms. The Morgan fingerprint density at radius 2 is 1.60 bits per heavy atom. The van der Waals surface area contributed by atoms with Crippen molar-refractivity contribution in [3.05, 3.63) is 114 Å². The standard InChI is InChI=1S/C35H32FNO10S/c36-21-12-9-18(10-13-21)25(39)17-48-32-27(37(33(32)43)22-6-2-1-3-7-22)24-14-11-20(19-5-4-8-23(38)15-19)16-26(24)46-35-30(42)28(40)29(41)31(47-35)34(44)45/h1-16,25,27-32,35,38-42H,17H2,(H,44,45)/t25-,27+,28-,29?,30?,31?,32+,35+/m0/s1. The van der Waals surface area contributed by atoms with Crippen molar-refractivity contribution in [2.45, 2.75) is 48.1 Å². The largest absolute Gasteiger partial charge is 0.508 e. The molecule has 4 aromatic carbocycles. The normalized spacial score (nSPS) is 26.1. The number of hydrogen-bond acceptors (Lipinski definition) is 10. The topological polar surface area (TPSA) is 177 Å². The quantitative estimate of drug-likeness (QED) is 0.136. The highest BCUT2D eigenvalue weighted by Gasteiger charge is 2.52. The Bertz CT molecular complexity index is 1780. The number of rotatable bonds is 10. The van der Waals surface area contributed by atoms with Gasteiger partial charge in [-0.25, -0.2) is 9.18 Å². The average Bonchev–Trinajstić information content (AvgIpc) is 3.08. The van der Waals surface area contributed by atoms with E-state index in [9.17, 15) is 44.6 Å². The zero-order chi connectivity index (χ0) is 34.1. The minimum atomic E-state index is -1.93. The second-order valence-corrected chi connectivity index (χ2v) is 12.6. The predicted octanol–water partition coefficient (Wildman–Crippen LogP) is 3.39. The van der Waals surface area contributed by atoms with E-state index >= 15 is 0 Å². The van der Waals surface area contributed by atoms with Crippen LogP contribution in [-0.2, 0) is 14.3 Å². The van der Waals surface area contributed by atoms with E-state index in [2.05, 4.69) is 0 Å². The number of amides is 1. The molecule has 0 spiro atoms. The van der Waals surface area contributed by atoms with Crippen molar-refractivity contribution in [1.82, 2.24) is 0 Å². The van der Waals surface area contributed by atoms with E-state index in [0.717, 1.165) is 0 Å². The van der Waals surface area contributed by atoms with Crippen LogP contribution < -0.4 is 9.64 Å². The zero-order valence-electron chi connectivity index (χ0n) is 25.1. The van der Waals surface area contributed by atoms with Crippen LogP contribution in [0.15, 0.2) is 97.1 Å². The third-order valence-electron chi connectivity index (χ3n) is 8.34. The number of aliphatic hydroxyl groups is 4. The van der Waals surface area contributed by atoms with Crippen molar-refractivity contribution < 1.29 is 54.1 Å². The van der Waals surface area contributed by atoms with E-state index < -0.39 is 59.9 Å². The van der Waals surface area contributed by atoms with E-state index in [0.29, 0.717) is 27.9 Å². The molecule has 4 aromatic rings. The van der Waals surface area contributed by atoms with E-state index in [1.165, 1.54) is 48.2 Å². The maximum Gasteiger partial charge on any atom is 0.335 e. The summed E-state index contributed by atoms with van der Waals surface area (Å²) in [5.41, 5.74) is 2.62. The highest BCUT2D eigenvalue weighted by Crippen LogP contribution is 2.49. The van der Waals surface area contributed by atoms with Crippen molar-refractivity contribution in [2.24, 2.45) is 0 Å². The van der Waals surface area contributed by atoms with Gasteiger partial charge in [-0.3, -0.25) is 4.79 Å². The molecular weight excluding hydrogens is 645 g/mol. The first-order valence-corrected chi connectivity index (χ1v) is 16.0. The lowest BCUT2D eigenvalue weighted by molar-refractivity contribution is -0.271. The second kappa shape index (κ2) is 13.9. The van der Waals surface area contributed by atoms with Gasteiger partial charge in [-0.05, 0) is 59.2 Å². The first-order chi connectivity index (χ1) is 23.0. The van der Waals surface area contributed by atoms with Gasteiger partial charge in [0.25, 0.3) is 0 Å². The van der Waals surface area contributed by atoms with Crippen molar-refractivity contribution in [2.75, 3.05) is 10.7 Å². The Morgan fingerprint density at radius 1 is 0.896 bits per heavy atom. The van der Waals surface area contributed by atoms with Crippen LogP contribution in [0.25, 0.3) is 11.1 Å². The van der Waals surface area contributed by atoms with Gasteiger partial charge < -0.3 is 45.0 Å². The Labute approximate surface area is 278 Å². The van der Waals surface area contributed by atoms with Crippen molar-refractivity contribution >= 4 is 29.3 Å². The molecule has 48 heavy (non-hydrogen) atoms. The highest BCUT2D eigenvalue weighted by molar-refractivity contribution is 8.00. The molecule has 0 aromatic heterocycles. The maximum atomic E-state index is 13.7. The number of hydrogen-bond donors (Lipinski definition) is 6. The van der Waals surface area contributed by atoms with Crippen LogP contribution in [0.3, 0.4) is 0 Å². The van der Waals surface area contributed by atoms with Crippen LogP contribution in [0.1, 0.15) is 23.3 Å². The van der Waals surface area contributed by atoms with Gasteiger partial charge >= 0.3 is 5.97 Å². The minimum Gasteiger partial charge on any atom is -0.508 e. The SMILES string of the molecule is O=C(O)C1O[C@@H](Oc2cc(-c3cccc(O)c3)ccc2[C@@H]2[C@@H](SC[C@H](O)c3ccc(F)cc3)C(=O)N2c2ccccc2)C(O)[C@@H](O)C1O. The summed E-state index contributed by atoms with van der Waals surface area (Å²) in [4.78, 5) is 27.1. The summed E-state index contributed by atoms with van der Waals surface area (Å²) < 4.78 is 25.0. The molecule has 3 unspecified atom stereocenters. The first kappa shape index (κ1) is 33.4. The van der Waals surface area contributed by atoms with Crippen molar-refractivity contribution in [1.29, 1.82) is 0 Å². The number of carbonyl (C=O) groups excluding carboxylic acids is 1. The number of ether oxygens (including phenoxy) is 2. The van der Waals surface area contributed by atoms with Gasteiger partial charge in [-0.2, -0.15) is 0 Å². The number of benzene rings is 4. The zero-order valence-corrected chi connectivity index (χ0v) is 25.9. The third-order valence-corrected chi connectivity index (χ3v) is 9.66. The number of aliphatic carboxylic acids is 1. The number of carbonyl (C=O) groups is 2. The number of phenols is 1. The molecule has 2 fully saturated rings. The Kier molecular flexibility index (Phi) is 9.69. The number of carboxylic acids is 1. The number of thioether (sulfide) groups is 1. The number of nitrogens with zero attached hydrogens (tertiary/aromatic N) is 1. The number of halogens is 1. The smallest absolute Gasteiger partial charge is 0.335 e. The number of carboxylic acid groups (broad SMARTS) is 1. The van der Waals surface area contributed by atoms with Gasteiger partial charge in [0.05, 0.1) is 12.1 Å². The van der Waals surface area contributed by atoms with Crippen LogP contribution in [0, 0.1) is 5.82 Å². The summed E-state index contributed by atoms with van der Waals surface area (Å²) in [5.74, 6) is -2.13. The Balaban J connectivity index is 1.39. The number of para-hydroxylation sites is 1. The average molecular weight is 678 g/mol. The highest BCUT2D eigenvalue weighted by atomic mass is 32.2. The van der Waals surface area contributed by atoms with E-state index in [4.69, 9.17) is 9.47 Å². The van der Waals surface area contributed by atoms with Crippen LogP contribution in [0.4, 0.5) is 10.1 Å². The first-order valence-electron chi connectivity index (χ1n) is 15.0. The van der Waals surface area contributed by atoms with E-state index in [1.54, 1.807) is 65.6 Å². The molecule has 2 aliphatic heterocycles. The van der Waals surface area contributed by atoms with Gasteiger partial charge in [0.1, 0.15) is 40.9 Å². The Hall–Kier alpha value is -4.50. The lowest BCUT2D eigenvalue weighted by atomic mass is 9.90. The van der Waals surface area contributed by atoms with Crippen LogP contribution >= 0.6 is 11.8 Å². The van der Waals surface area contributed by atoms with Crippen LogP contribution in [0.2, 0.25) is 0 Å². The summed E-state index contributed by atoms with van der Waals surface area (Å²) in [6.45, 7) is 0. The number of phenolic OH excluding ortho intramolecular Hbond substituents is 1. The van der Waals surface area contributed by atoms with Gasteiger partial charge in [0.15, 0.2) is 6.10 Å². The number of aliphatic hydroxyl groups excluding tert-OH is 4. The van der Waals surface area contributed by atoms with Gasteiger partial charge in [-0.1, -0.05) is 54.6 Å². The van der Waals surface area contributed by atoms with Crippen LogP contribution in [0.5, 0.6) is 11.5 Å². The summed E-state index contributed by atoms with van der Waals surface area (Å²) in [5, 5.41) is 61.3. The van der Waals surface area contributed by atoms with Crippen LogP contribution in [-0.4, -0.2) is 84.2 Å². The van der Waals surface area contributed by atoms with Gasteiger partial charge in [-0.15, -0.1) is 11.8 Å². The summed E-state index contributed by atoms with van der Waals surface area (Å²) in [6.07, 6.45) is -10.3. The molecule has 2 saturated heterocycles. The fourth-order valence-electron chi connectivity index (χ4n) is 5.80. The molecule has 0 radical (unpaired) electrons. The Morgan fingerprint density at radius 3 is 2.29 bits per heavy atom. The lowest BCUT2D eigenvalue weighted by Gasteiger charge is -2.48. The van der Waals surface area contributed by atoms with Gasteiger partial charge in [0, 0.05) is 17.0 Å². The molecule has 0 aliphatic carbocycles. The van der Waals surface area contributed by atoms with E-state index in [-0.39, 0.29) is 23.2 Å². The molecule has 2 aliphatic rings. The van der Waals surface area contributed by atoms with Crippen molar-refractivity contribution in [3.63, 3.8) is 0 Å². The number of aromatic hydroxyl groups is 1. The second-order valence-electron chi connectivity index (χ2n) is 11.5. The number of anilines is 1. The molecule has 6 rings (SSSR count). The van der Waals surface area contributed by atoms with Crippen molar-refractivity contribution in [3.8, 4) is 22.6 Å². The molecule has 8 atom stereocenters. The third kappa shape index (κ3) is 6.61.